The van der Waals surface area contributed by atoms with Gasteiger partial charge < -0.3 is 10.6 Å². The van der Waals surface area contributed by atoms with Crippen molar-refractivity contribution < 1.29 is 9.59 Å². The fourth-order valence-electron chi connectivity index (χ4n) is 2.56. The van der Waals surface area contributed by atoms with Gasteiger partial charge in [0.25, 0.3) is 0 Å². The lowest BCUT2D eigenvalue weighted by molar-refractivity contribution is -0.123. The number of hydrogen-bond acceptors (Lipinski definition) is 4. The van der Waals surface area contributed by atoms with Crippen LogP contribution in [0.15, 0.2) is 67.1 Å². The molecule has 138 valence electrons. The lowest BCUT2D eigenvalue weighted by Crippen LogP contribution is -2.33. The predicted octanol–water partition coefficient (Wildman–Crippen LogP) is 1.82. The summed E-state index contributed by atoms with van der Waals surface area (Å²) in [4.78, 5) is 27.8. The Morgan fingerprint density at radius 3 is 2.48 bits per heavy atom. The Kier molecular flexibility index (Phi) is 6.30. The first-order valence-electron chi connectivity index (χ1n) is 8.72. The molecule has 3 aromatic rings. The molecule has 27 heavy (non-hydrogen) atoms. The standard InChI is InChI=1S/C20H21N5O2/c26-19(14-17-4-2-1-3-5-17)22-15-20(27)23-18-9-13-25(24-18)12-8-16-6-10-21-11-7-16/h1-7,9-11,13H,8,12,14-15H2,(H,22,26)(H,23,24,27). The summed E-state index contributed by atoms with van der Waals surface area (Å²) >= 11 is 0. The first-order chi connectivity index (χ1) is 13.2. The Morgan fingerprint density at radius 2 is 1.70 bits per heavy atom. The van der Waals surface area contributed by atoms with E-state index in [0.29, 0.717) is 12.4 Å². The second-order valence-corrected chi connectivity index (χ2v) is 6.06. The first-order valence-corrected chi connectivity index (χ1v) is 8.72. The zero-order valence-corrected chi connectivity index (χ0v) is 14.8. The normalized spacial score (nSPS) is 10.4. The van der Waals surface area contributed by atoms with E-state index < -0.39 is 0 Å². The number of nitrogens with one attached hydrogen (secondary N) is 2. The fourth-order valence-corrected chi connectivity index (χ4v) is 2.56. The largest absolute Gasteiger partial charge is 0.347 e. The third kappa shape index (κ3) is 6.07. The van der Waals surface area contributed by atoms with E-state index in [1.165, 1.54) is 5.56 Å². The number of anilines is 1. The van der Waals surface area contributed by atoms with Crippen molar-refractivity contribution in [3.63, 3.8) is 0 Å². The number of pyridine rings is 1. The summed E-state index contributed by atoms with van der Waals surface area (Å²) in [5.41, 5.74) is 2.08. The van der Waals surface area contributed by atoms with Gasteiger partial charge in [-0.05, 0) is 29.7 Å². The van der Waals surface area contributed by atoms with Crippen LogP contribution in [-0.4, -0.2) is 33.1 Å². The van der Waals surface area contributed by atoms with Gasteiger partial charge in [-0.15, -0.1) is 0 Å². The lowest BCUT2D eigenvalue weighted by Gasteiger charge is -2.05. The first kappa shape index (κ1) is 18.3. The Bertz CT molecular complexity index is 878. The number of aromatic nitrogens is 3. The molecule has 0 spiro atoms. The third-order valence-corrected chi connectivity index (χ3v) is 3.94. The van der Waals surface area contributed by atoms with E-state index >= 15 is 0 Å². The monoisotopic (exact) mass is 363 g/mol. The highest BCUT2D eigenvalue weighted by molar-refractivity contribution is 5.94. The van der Waals surface area contributed by atoms with Crippen molar-refractivity contribution in [2.45, 2.75) is 19.4 Å². The summed E-state index contributed by atoms with van der Waals surface area (Å²) in [6.45, 7) is 0.614. The van der Waals surface area contributed by atoms with Crippen LogP contribution in [0.1, 0.15) is 11.1 Å². The second-order valence-electron chi connectivity index (χ2n) is 6.06. The Hall–Kier alpha value is -3.48. The van der Waals surface area contributed by atoms with Gasteiger partial charge in [0.2, 0.25) is 11.8 Å². The zero-order chi connectivity index (χ0) is 18.9. The van der Waals surface area contributed by atoms with Crippen LogP contribution in [0.5, 0.6) is 0 Å². The van der Waals surface area contributed by atoms with Crippen LogP contribution >= 0.6 is 0 Å². The molecular weight excluding hydrogens is 342 g/mol. The van der Waals surface area contributed by atoms with Crippen LogP contribution in [0, 0.1) is 0 Å². The van der Waals surface area contributed by atoms with Crippen molar-refractivity contribution in [1.29, 1.82) is 0 Å². The van der Waals surface area contributed by atoms with Gasteiger partial charge in [-0.2, -0.15) is 5.10 Å². The molecule has 0 aliphatic rings. The molecule has 2 N–H and O–H groups in total. The molecule has 7 nitrogen and oxygen atoms in total. The molecule has 0 saturated carbocycles. The molecule has 2 aromatic heterocycles. The summed E-state index contributed by atoms with van der Waals surface area (Å²) in [5, 5.41) is 9.61. The van der Waals surface area contributed by atoms with Gasteiger partial charge in [0.05, 0.1) is 13.0 Å². The number of aryl methyl sites for hydroxylation is 2. The minimum atomic E-state index is -0.309. The third-order valence-electron chi connectivity index (χ3n) is 3.94. The number of carbonyl (C=O) groups is 2. The van der Waals surface area contributed by atoms with E-state index in [-0.39, 0.29) is 24.8 Å². The number of nitrogens with zero attached hydrogens (tertiary/aromatic N) is 3. The number of hydrogen-bond donors (Lipinski definition) is 2. The van der Waals surface area contributed by atoms with Crippen molar-refractivity contribution in [2.24, 2.45) is 0 Å². The summed E-state index contributed by atoms with van der Waals surface area (Å²) in [6.07, 6.45) is 6.40. The van der Waals surface area contributed by atoms with Gasteiger partial charge in [-0.25, -0.2) is 0 Å². The minimum Gasteiger partial charge on any atom is -0.347 e. The van der Waals surface area contributed by atoms with E-state index in [2.05, 4.69) is 20.7 Å². The Labute approximate surface area is 157 Å². The van der Waals surface area contributed by atoms with E-state index in [1.807, 2.05) is 48.7 Å². The molecule has 0 radical (unpaired) electrons. The van der Waals surface area contributed by atoms with Crippen molar-refractivity contribution in [2.75, 3.05) is 11.9 Å². The van der Waals surface area contributed by atoms with Gasteiger partial charge in [0.15, 0.2) is 5.82 Å². The van der Waals surface area contributed by atoms with E-state index in [4.69, 9.17) is 0 Å². The van der Waals surface area contributed by atoms with Crippen molar-refractivity contribution in [3.8, 4) is 0 Å². The fraction of sp³-hybridized carbons (Fsp3) is 0.200. The number of carbonyl (C=O) groups excluding carboxylic acids is 2. The van der Waals surface area contributed by atoms with Crippen LogP contribution < -0.4 is 10.6 Å². The van der Waals surface area contributed by atoms with Gasteiger partial charge >= 0.3 is 0 Å². The molecule has 7 heteroatoms. The smallest absolute Gasteiger partial charge is 0.244 e. The SMILES string of the molecule is O=C(Cc1ccccc1)NCC(=O)Nc1ccn(CCc2ccncc2)n1. The highest BCUT2D eigenvalue weighted by atomic mass is 16.2. The second kappa shape index (κ2) is 9.28. The van der Waals surface area contributed by atoms with Crippen molar-refractivity contribution in [1.82, 2.24) is 20.1 Å². The molecule has 2 amide bonds. The molecule has 0 saturated heterocycles. The topological polar surface area (TPSA) is 88.9 Å². The zero-order valence-electron chi connectivity index (χ0n) is 14.8. The molecule has 0 aliphatic carbocycles. The summed E-state index contributed by atoms with van der Waals surface area (Å²) in [5.74, 6) is -0.0398. The van der Waals surface area contributed by atoms with Gasteiger partial charge in [-0.1, -0.05) is 30.3 Å². The molecular formula is C20H21N5O2. The summed E-state index contributed by atoms with van der Waals surface area (Å²) < 4.78 is 1.77. The van der Waals surface area contributed by atoms with E-state index in [9.17, 15) is 9.59 Å². The predicted molar refractivity (Wildman–Crippen MR) is 102 cm³/mol. The molecule has 0 unspecified atom stereocenters. The molecule has 1 aromatic carbocycles. The highest BCUT2D eigenvalue weighted by Crippen LogP contribution is 2.05. The van der Waals surface area contributed by atoms with Gasteiger partial charge in [0, 0.05) is 31.2 Å². The average molecular weight is 363 g/mol. The maximum Gasteiger partial charge on any atom is 0.244 e. The molecule has 0 atom stereocenters. The Morgan fingerprint density at radius 1 is 0.926 bits per heavy atom. The van der Waals surface area contributed by atoms with Gasteiger partial charge in [-0.3, -0.25) is 19.3 Å². The van der Waals surface area contributed by atoms with Crippen LogP contribution in [0.4, 0.5) is 5.82 Å². The number of amides is 2. The molecule has 0 fully saturated rings. The highest BCUT2D eigenvalue weighted by Gasteiger charge is 2.08. The van der Waals surface area contributed by atoms with Crippen LogP contribution in [0.3, 0.4) is 0 Å². The average Bonchev–Trinajstić information content (AvgIpc) is 3.14. The maximum absolute atomic E-state index is 12.0. The lowest BCUT2D eigenvalue weighted by atomic mass is 10.1. The van der Waals surface area contributed by atoms with Crippen molar-refractivity contribution in [3.05, 3.63) is 78.2 Å². The molecule has 0 bridgehead atoms. The van der Waals surface area contributed by atoms with E-state index in [1.54, 1.807) is 23.1 Å². The number of benzene rings is 1. The van der Waals surface area contributed by atoms with Crippen LogP contribution in [0.2, 0.25) is 0 Å². The summed E-state index contributed by atoms with van der Waals surface area (Å²) in [6, 6.07) is 15.0. The van der Waals surface area contributed by atoms with Crippen LogP contribution in [0.25, 0.3) is 0 Å². The van der Waals surface area contributed by atoms with Crippen molar-refractivity contribution >= 4 is 17.6 Å². The number of rotatable bonds is 8. The molecule has 3 rings (SSSR count). The molecule has 0 aliphatic heterocycles. The van der Waals surface area contributed by atoms with Gasteiger partial charge in [0.1, 0.15) is 0 Å². The quantitative estimate of drug-likeness (QED) is 0.639. The van der Waals surface area contributed by atoms with Crippen LogP contribution in [-0.2, 0) is 29.0 Å². The Balaban J connectivity index is 1.40. The minimum absolute atomic E-state index is 0.0878. The molecule has 2 heterocycles. The summed E-state index contributed by atoms with van der Waals surface area (Å²) in [7, 11) is 0. The van der Waals surface area contributed by atoms with E-state index in [0.717, 1.165) is 12.0 Å². The maximum atomic E-state index is 12.0.